The van der Waals surface area contributed by atoms with Crippen LogP contribution in [0.25, 0.3) is 11.1 Å². The number of rotatable bonds is 4. The Labute approximate surface area is 118 Å². The highest BCUT2D eigenvalue weighted by molar-refractivity contribution is 5.67. The number of methoxy groups -OCH3 is 1. The van der Waals surface area contributed by atoms with Crippen LogP contribution in [0.15, 0.2) is 42.5 Å². The van der Waals surface area contributed by atoms with Gasteiger partial charge in [-0.2, -0.15) is 0 Å². The molecule has 2 aromatic carbocycles. The van der Waals surface area contributed by atoms with Gasteiger partial charge >= 0.3 is 0 Å². The zero-order valence-corrected chi connectivity index (χ0v) is 11.8. The number of benzene rings is 2. The number of nitrogens with zero attached hydrogens (tertiary/aromatic N) is 1. The van der Waals surface area contributed by atoms with E-state index in [1.807, 2.05) is 44.2 Å². The Morgan fingerprint density at radius 3 is 2.15 bits per heavy atom. The molecule has 0 aromatic heterocycles. The van der Waals surface area contributed by atoms with Gasteiger partial charge in [0, 0.05) is 11.6 Å². The highest BCUT2D eigenvalue weighted by atomic mass is 16.6. The highest BCUT2D eigenvalue weighted by Gasteiger charge is 2.17. The molecule has 0 heterocycles. The van der Waals surface area contributed by atoms with E-state index in [0.717, 1.165) is 22.4 Å². The van der Waals surface area contributed by atoms with Gasteiger partial charge in [-0.1, -0.05) is 26.0 Å². The highest BCUT2D eigenvalue weighted by Crippen LogP contribution is 2.31. The Hall–Kier alpha value is -2.36. The lowest BCUT2D eigenvalue weighted by Crippen LogP contribution is -1.97. The number of nitro benzene ring substituents is 1. The van der Waals surface area contributed by atoms with Crippen LogP contribution in [0.1, 0.15) is 25.3 Å². The van der Waals surface area contributed by atoms with Crippen molar-refractivity contribution >= 4 is 5.69 Å². The second-order valence-corrected chi connectivity index (χ2v) is 4.91. The van der Waals surface area contributed by atoms with Crippen LogP contribution in [0.4, 0.5) is 5.69 Å². The molecule has 0 amide bonds. The second kappa shape index (κ2) is 5.74. The Morgan fingerprint density at radius 2 is 1.65 bits per heavy atom. The van der Waals surface area contributed by atoms with Gasteiger partial charge in [0.15, 0.2) is 0 Å². The van der Waals surface area contributed by atoms with Crippen LogP contribution in [0.2, 0.25) is 0 Å². The van der Waals surface area contributed by atoms with E-state index < -0.39 is 0 Å². The van der Waals surface area contributed by atoms with Crippen molar-refractivity contribution in [1.82, 2.24) is 0 Å². The van der Waals surface area contributed by atoms with E-state index in [2.05, 4.69) is 0 Å². The van der Waals surface area contributed by atoms with Crippen molar-refractivity contribution < 1.29 is 9.66 Å². The standard InChI is InChI=1S/C16H17NO3/c1-11(2)15-10-13(6-9-16(15)17(18)19)12-4-7-14(20-3)8-5-12/h4-11H,1-3H3. The predicted molar refractivity (Wildman–Crippen MR) is 79.2 cm³/mol. The molecule has 0 aliphatic carbocycles. The normalized spacial score (nSPS) is 10.6. The SMILES string of the molecule is COc1ccc(-c2ccc([N+](=O)[O-])c(C(C)C)c2)cc1. The quantitative estimate of drug-likeness (QED) is 0.612. The third-order valence-corrected chi connectivity index (χ3v) is 3.27. The summed E-state index contributed by atoms with van der Waals surface area (Å²) >= 11 is 0. The van der Waals surface area contributed by atoms with Crippen LogP contribution in [0, 0.1) is 10.1 Å². The third-order valence-electron chi connectivity index (χ3n) is 3.27. The Bertz CT molecular complexity index is 618. The van der Waals surface area contributed by atoms with Gasteiger partial charge in [-0.3, -0.25) is 10.1 Å². The zero-order valence-electron chi connectivity index (χ0n) is 11.8. The molecule has 4 heteroatoms. The van der Waals surface area contributed by atoms with Gasteiger partial charge in [-0.15, -0.1) is 0 Å². The van der Waals surface area contributed by atoms with Gasteiger partial charge in [-0.25, -0.2) is 0 Å². The van der Waals surface area contributed by atoms with Gasteiger partial charge in [0.2, 0.25) is 0 Å². The lowest BCUT2D eigenvalue weighted by molar-refractivity contribution is -0.385. The number of hydrogen-bond acceptors (Lipinski definition) is 3. The minimum atomic E-state index is -0.326. The number of nitro groups is 1. The number of hydrogen-bond donors (Lipinski definition) is 0. The molecular formula is C16H17NO3. The molecule has 2 aromatic rings. The van der Waals surface area contributed by atoms with Crippen molar-refractivity contribution in [3.8, 4) is 16.9 Å². The van der Waals surface area contributed by atoms with E-state index in [-0.39, 0.29) is 16.5 Å². The summed E-state index contributed by atoms with van der Waals surface area (Å²) in [5.74, 6) is 0.897. The van der Waals surface area contributed by atoms with Crippen LogP contribution in [0.3, 0.4) is 0 Å². The van der Waals surface area contributed by atoms with Gasteiger partial charge in [-0.05, 0) is 41.3 Å². The van der Waals surface area contributed by atoms with Crippen molar-refractivity contribution in [2.45, 2.75) is 19.8 Å². The first kappa shape index (κ1) is 14.1. The van der Waals surface area contributed by atoms with Crippen LogP contribution in [0.5, 0.6) is 5.75 Å². The van der Waals surface area contributed by atoms with E-state index in [1.54, 1.807) is 19.2 Å². The smallest absolute Gasteiger partial charge is 0.272 e. The summed E-state index contributed by atoms with van der Waals surface area (Å²) in [6, 6.07) is 12.9. The van der Waals surface area contributed by atoms with Crippen molar-refractivity contribution in [2.24, 2.45) is 0 Å². The van der Waals surface area contributed by atoms with E-state index >= 15 is 0 Å². The summed E-state index contributed by atoms with van der Waals surface area (Å²) < 4.78 is 5.13. The van der Waals surface area contributed by atoms with E-state index in [4.69, 9.17) is 4.74 Å². The van der Waals surface area contributed by atoms with E-state index in [9.17, 15) is 10.1 Å². The Balaban J connectivity index is 2.47. The summed E-state index contributed by atoms with van der Waals surface area (Å²) in [7, 11) is 1.62. The maximum atomic E-state index is 11.0. The molecule has 0 unspecified atom stereocenters. The Morgan fingerprint density at radius 1 is 1.05 bits per heavy atom. The molecule has 20 heavy (non-hydrogen) atoms. The fourth-order valence-electron chi connectivity index (χ4n) is 2.15. The van der Waals surface area contributed by atoms with Crippen molar-refractivity contribution in [3.05, 3.63) is 58.1 Å². The molecule has 0 aliphatic rings. The van der Waals surface area contributed by atoms with Gasteiger partial charge < -0.3 is 4.74 Å². The molecule has 0 atom stereocenters. The summed E-state index contributed by atoms with van der Waals surface area (Å²) in [6.45, 7) is 3.92. The lowest BCUT2D eigenvalue weighted by atomic mass is 9.95. The molecular weight excluding hydrogens is 254 g/mol. The maximum Gasteiger partial charge on any atom is 0.272 e. The largest absolute Gasteiger partial charge is 0.497 e. The summed E-state index contributed by atoms with van der Waals surface area (Å²) in [4.78, 5) is 10.7. The van der Waals surface area contributed by atoms with Gasteiger partial charge in [0.25, 0.3) is 5.69 Å². The number of ether oxygens (including phenoxy) is 1. The van der Waals surface area contributed by atoms with Gasteiger partial charge in [0.05, 0.1) is 12.0 Å². The zero-order chi connectivity index (χ0) is 14.7. The van der Waals surface area contributed by atoms with Crippen molar-refractivity contribution in [3.63, 3.8) is 0 Å². The molecule has 2 rings (SSSR count). The molecule has 0 N–H and O–H groups in total. The van der Waals surface area contributed by atoms with E-state index in [0.29, 0.717) is 0 Å². The summed E-state index contributed by atoms with van der Waals surface area (Å²) in [6.07, 6.45) is 0. The van der Waals surface area contributed by atoms with Crippen molar-refractivity contribution in [1.29, 1.82) is 0 Å². The van der Waals surface area contributed by atoms with Crippen LogP contribution in [-0.2, 0) is 0 Å². The lowest BCUT2D eigenvalue weighted by Gasteiger charge is -2.10. The predicted octanol–water partition coefficient (Wildman–Crippen LogP) is 4.39. The fraction of sp³-hybridized carbons (Fsp3) is 0.250. The fourth-order valence-corrected chi connectivity index (χ4v) is 2.15. The molecule has 4 nitrogen and oxygen atoms in total. The first-order chi connectivity index (χ1) is 9.52. The van der Waals surface area contributed by atoms with Crippen molar-refractivity contribution in [2.75, 3.05) is 7.11 Å². The molecule has 104 valence electrons. The minimum absolute atomic E-state index is 0.105. The molecule has 0 radical (unpaired) electrons. The van der Waals surface area contributed by atoms with Gasteiger partial charge in [0.1, 0.15) is 5.75 Å². The molecule has 0 spiro atoms. The summed E-state index contributed by atoms with van der Waals surface area (Å²) in [5, 5.41) is 11.0. The third kappa shape index (κ3) is 2.79. The molecule has 0 bridgehead atoms. The molecule has 0 aliphatic heterocycles. The Kier molecular flexibility index (Phi) is 4.03. The van der Waals surface area contributed by atoms with Crippen LogP contribution >= 0.6 is 0 Å². The average molecular weight is 271 g/mol. The summed E-state index contributed by atoms with van der Waals surface area (Å²) in [5.41, 5.74) is 2.92. The maximum absolute atomic E-state index is 11.0. The molecule has 0 saturated heterocycles. The first-order valence-electron chi connectivity index (χ1n) is 6.45. The first-order valence-corrected chi connectivity index (χ1v) is 6.45. The van der Waals surface area contributed by atoms with Crippen LogP contribution < -0.4 is 4.74 Å². The molecule has 0 fully saturated rings. The average Bonchev–Trinajstić information content (AvgIpc) is 2.46. The minimum Gasteiger partial charge on any atom is -0.497 e. The topological polar surface area (TPSA) is 52.4 Å². The monoisotopic (exact) mass is 271 g/mol. The second-order valence-electron chi connectivity index (χ2n) is 4.91. The van der Waals surface area contributed by atoms with E-state index in [1.165, 1.54) is 0 Å². The van der Waals surface area contributed by atoms with Crippen LogP contribution in [-0.4, -0.2) is 12.0 Å². The molecule has 0 saturated carbocycles.